The summed E-state index contributed by atoms with van der Waals surface area (Å²) in [5, 5.41) is 0.782. The molecule has 134 valence electrons. The number of rotatable bonds is 5. The van der Waals surface area contributed by atoms with Gasteiger partial charge in [0, 0.05) is 18.0 Å². The average molecular weight is 354 g/mol. The molecular weight excluding hydrogens is 335 g/mol. The predicted octanol–water partition coefficient (Wildman–Crippen LogP) is 2.90. The zero-order chi connectivity index (χ0) is 18.8. The zero-order valence-electron chi connectivity index (χ0n) is 14.5. The summed E-state index contributed by atoms with van der Waals surface area (Å²) in [5.41, 5.74) is 7.72. The largest absolute Gasteiger partial charge is 0.423 e. The standard InChI is InChI=1S/C20H19FN2O3/c1-12-6-7-16-14(10-18(24)26-17(16)8-12)11-23(2)19(20(22)25)13-4-3-5-15(21)9-13/h3-10,19H,11H2,1-2H3,(H2,22,25). The van der Waals surface area contributed by atoms with Gasteiger partial charge in [0.05, 0.1) is 0 Å². The van der Waals surface area contributed by atoms with E-state index >= 15 is 0 Å². The molecule has 0 spiro atoms. The van der Waals surface area contributed by atoms with Crippen molar-refractivity contribution in [2.75, 3.05) is 7.05 Å². The summed E-state index contributed by atoms with van der Waals surface area (Å²) in [4.78, 5) is 25.6. The van der Waals surface area contributed by atoms with Crippen molar-refractivity contribution in [2.24, 2.45) is 5.73 Å². The molecule has 1 heterocycles. The monoisotopic (exact) mass is 354 g/mol. The normalized spacial score (nSPS) is 12.5. The highest BCUT2D eigenvalue weighted by atomic mass is 19.1. The third-order valence-electron chi connectivity index (χ3n) is 4.28. The summed E-state index contributed by atoms with van der Waals surface area (Å²) in [7, 11) is 1.70. The number of likely N-dealkylation sites (N-methyl/N-ethyl adjacent to an activating group) is 1. The first-order valence-electron chi connectivity index (χ1n) is 8.13. The summed E-state index contributed by atoms with van der Waals surface area (Å²) in [6.45, 7) is 2.18. The number of hydrogen-bond acceptors (Lipinski definition) is 4. The highest BCUT2D eigenvalue weighted by Crippen LogP contribution is 2.25. The van der Waals surface area contributed by atoms with Crippen LogP contribution in [0.3, 0.4) is 0 Å². The maximum atomic E-state index is 13.6. The van der Waals surface area contributed by atoms with E-state index in [1.165, 1.54) is 24.3 Å². The van der Waals surface area contributed by atoms with Crippen LogP contribution in [0.5, 0.6) is 0 Å². The third kappa shape index (κ3) is 3.65. The van der Waals surface area contributed by atoms with Crippen molar-refractivity contribution < 1.29 is 13.6 Å². The fraction of sp³-hybridized carbons (Fsp3) is 0.200. The molecule has 6 heteroatoms. The van der Waals surface area contributed by atoms with Crippen LogP contribution in [0.4, 0.5) is 4.39 Å². The van der Waals surface area contributed by atoms with E-state index in [4.69, 9.17) is 10.2 Å². The van der Waals surface area contributed by atoms with Gasteiger partial charge in [-0.2, -0.15) is 0 Å². The van der Waals surface area contributed by atoms with Crippen LogP contribution in [0.2, 0.25) is 0 Å². The van der Waals surface area contributed by atoms with Crippen molar-refractivity contribution in [3.63, 3.8) is 0 Å². The molecule has 0 radical (unpaired) electrons. The molecule has 0 aliphatic rings. The molecule has 2 N–H and O–H groups in total. The Kier molecular flexibility index (Phi) is 4.86. The van der Waals surface area contributed by atoms with Crippen molar-refractivity contribution in [3.8, 4) is 0 Å². The Balaban J connectivity index is 2.00. The van der Waals surface area contributed by atoms with Gasteiger partial charge >= 0.3 is 5.63 Å². The zero-order valence-corrected chi connectivity index (χ0v) is 14.5. The van der Waals surface area contributed by atoms with Crippen LogP contribution in [-0.4, -0.2) is 17.9 Å². The Bertz CT molecular complexity index is 1030. The van der Waals surface area contributed by atoms with Gasteiger partial charge in [-0.25, -0.2) is 9.18 Å². The number of carbonyl (C=O) groups excluding carboxylic acids is 1. The highest BCUT2D eigenvalue weighted by Gasteiger charge is 2.24. The van der Waals surface area contributed by atoms with Crippen LogP contribution in [0.15, 0.2) is 57.7 Å². The Labute approximate surface area is 149 Å². The van der Waals surface area contributed by atoms with E-state index in [1.54, 1.807) is 24.1 Å². The Morgan fingerprint density at radius 2 is 2.00 bits per heavy atom. The van der Waals surface area contributed by atoms with E-state index in [0.29, 0.717) is 16.7 Å². The van der Waals surface area contributed by atoms with E-state index in [0.717, 1.165) is 10.9 Å². The first-order valence-corrected chi connectivity index (χ1v) is 8.13. The first kappa shape index (κ1) is 17.8. The van der Waals surface area contributed by atoms with Crippen LogP contribution in [0, 0.1) is 12.7 Å². The molecule has 0 aliphatic heterocycles. The van der Waals surface area contributed by atoms with Crippen molar-refractivity contribution in [1.82, 2.24) is 4.90 Å². The second-order valence-corrected chi connectivity index (χ2v) is 6.37. The summed E-state index contributed by atoms with van der Waals surface area (Å²) < 4.78 is 18.8. The minimum absolute atomic E-state index is 0.273. The molecular formula is C20H19FN2O3. The number of halogens is 1. The van der Waals surface area contributed by atoms with Crippen molar-refractivity contribution in [3.05, 3.63) is 81.5 Å². The van der Waals surface area contributed by atoms with Gasteiger partial charge in [-0.3, -0.25) is 9.69 Å². The fourth-order valence-electron chi connectivity index (χ4n) is 3.14. The van der Waals surface area contributed by atoms with Gasteiger partial charge in [0.15, 0.2) is 0 Å². The second kappa shape index (κ2) is 7.09. The molecule has 0 aliphatic carbocycles. The van der Waals surface area contributed by atoms with Crippen molar-refractivity contribution in [2.45, 2.75) is 19.5 Å². The molecule has 26 heavy (non-hydrogen) atoms. The Morgan fingerprint density at radius 3 is 2.69 bits per heavy atom. The molecule has 1 aromatic heterocycles. The van der Waals surface area contributed by atoms with Crippen molar-refractivity contribution in [1.29, 1.82) is 0 Å². The Morgan fingerprint density at radius 1 is 1.23 bits per heavy atom. The summed E-state index contributed by atoms with van der Waals surface area (Å²) in [6, 6.07) is 11.9. The molecule has 1 atom stereocenters. The lowest BCUT2D eigenvalue weighted by atomic mass is 10.0. The van der Waals surface area contributed by atoms with Gasteiger partial charge in [0.25, 0.3) is 0 Å². The number of primary amides is 1. The lowest BCUT2D eigenvalue weighted by Crippen LogP contribution is -2.35. The smallest absolute Gasteiger partial charge is 0.336 e. The molecule has 3 aromatic rings. The number of benzene rings is 2. The van der Waals surface area contributed by atoms with Crippen molar-refractivity contribution >= 4 is 16.9 Å². The maximum absolute atomic E-state index is 13.6. The van der Waals surface area contributed by atoms with E-state index in [1.807, 2.05) is 19.1 Å². The number of nitrogens with zero attached hydrogens (tertiary/aromatic N) is 1. The lowest BCUT2D eigenvalue weighted by Gasteiger charge is -2.26. The summed E-state index contributed by atoms with van der Waals surface area (Å²) in [6.07, 6.45) is 0. The quantitative estimate of drug-likeness (QED) is 0.715. The van der Waals surface area contributed by atoms with E-state index in [2.05, 4.69) is 0 Å². The van der Waals surface area contributed by atoms with Crippen LogP contribution in [0.25, 0.3) is 11.0 Å². The average Bonchev–Trinajstić information content (AvgIpc) is 2.54. The molecule has 1 amide bonds. The van der Waals surface area contributed by atoms with E-state index in [9.17, 15) is 14.0 Å². The van der Waals surface area contributed by atoms with Gasteiger partial charge in [0.1, 0.15) is 17.4 Å². The van der Waals surface area contributed by atoms with Gasteiger partial charge < -0.3 is 10.2 Å². The molecule has 2 aromatic carbocycles. The lowest BCUT2D eigenvalue weighted by molar-refractivity contribution is -0.123. The van der Waals surface area contributed by atoms with Gasteiger partial charge in [-0.1, -0.05) is 24.3 Å². The second-order valence-electron chi connectivity index (χ2n) is 6.37. The van der Waals surface area contributed by atoms with Gasteiger partial charge in [-0.15, -0.1) is 0 Å². The number of amides is 1. The number of carbonyl (C=O) groups is 1. The number of aryl methyl sites for hydroxylation is 1. The minimum atomic E-state index is -0.821. The first-order chi connectivity index (χ1) is 12.3. The number of hydrogen-bond donors (Lipinski definition) is 1. The topological polar surface area (TPSA) is 76.5 Å². The molecule has 3 rings (SSSR count). The summed E-state index contributed by atoms with van der Waals surface area (Å²) in [5.74, 6) is -1.04. The molecule has 5 nitrogen and oxygen atoms in total. The maximum Gasteiger partial charge on any atom is 0.336 e. The Hall–Kier alpha value is -2.99. The van der Waals surface area contributed by atoms with Crippen LogP contribution >= 0.6 is 0 Å². The van der Waals surface area contributed by atoms with E-state index in [-0.39, 0.29) is 6.54 Å². The molecule has 0 bridgehead atoms. The fourth-order valence-corrected chi connectivity index (χ4v) is 3.14. The molecule has 0 saturated heterocycles. The number of nitrogens with two attached hydrogens (primary N) is 1. The molecule has 0 saturated carbocycles. The van der Waals surface area contributed by atoms with Crippen LogP contribution < -0.4 is 11.4 Å². The molecule has 0 fully saturated rings. The SMILES string of the molecule is Cc1ccc2c(CN(C)C(C(N)=O)c3cccc(F)c3)cc(=O)oc2c1. The summed E-state index contributed by atoms with van der Waals surface area (Å²) >= 11 is 0. The van der Waals surface area contributed by atoms with Gasteiger partial charge in [-0.05, 0) is 48.9 Å². The highest BCUT2D eigenvalue weighted by molar-refractivity contribution is 5.82. The predicted molar refractivity (Wildman–Crippen MR) is 97.0 cm³/mol. The van der Waals surface area contributed by atoms with E-state index < -0.39 is 23.4 Å². The van der Waals surface area contributed by atoms with Crippen LogP contribution in [-0.2, 0) is 11.3 Å². The third-order valence-corrected chi connectivity index (χ3v) is 4.28. The number of fused-ring (bicyclic) bond motifs is 1. The van der Waals surface area contributed by atoms with Crippen LogP contribution in [0.1, 0.15) is 22.7 Å². The minimum Gasteiger partial charge on any atom is -0.423 e. The van der Waals surface area contributed by atoms with Gasteiger partial charge in [0.2, 0.25) is 5.91 Å². The molecule has 1 unspecified atom stereocenters.